The predicted octanol–water partition coefficient (Wildman–Crippen LogP) is 1.37. The molecule has 0 aromatic heterocycles. The van der Waals surface area contributed by atoms with Crippen LogP contribution in [0.25, 0.3) is 0 Å². The Labute approximate surface area is 71.5 Å². The van der Waals surface area contributed by atoms with Crippen LogP contribution in [0.4, 0.5) is 0 Å². The Hall–Kier alpha value is 0.650. The fraction of sp³-hybridized carbons (Fsp3) is 1.00. The van der Waals surface area contributed by atoms with E-state index in [4.69, 9.17) is 9.68 Å². The third-order valence-corrected chi connectivity index (χ3v) is 6.33. The predicted molar refractivity (Wildman–Crippen MR) is 56.4 cm³/mol. The fourth-order valence-electron chi connectivity index (χ4n) is 0.732. The van der Waals surface area contributed by atoms with E-state index >= 15 is 0 Å². The molecular weight excluding hydrogens is 239 g/mol. The first-order valence-electron chi connectivity index (χ1n) is 3.55. The van der Waals surface area contributed by atoms with Crippen molar-refractivity contribution in [3.8, 4) is 0 Å². The number of nitrogens with two attached hydrogens (primary N) is 2. The Morgan fingerprint density at radius 3 is 1.70 bits per heavy atom. The first-order chi connectivity index (χ1) is 4.46. The zero-order chi connectivity index (χ0) is 8.31. The van der Waals surface area contributed by atoms with Crippen LogP contribution in [0.5, 0.6) is 0 Å². The number of hydrogen-bond donors (Lipinski definition) is 2. The van der Waals surface area contributed by atoms with Crippen molar-refractivity contribution < 1.29 is 0 Å². The van der Waals surface area contributed by atoms with Gasteiger partial charge in [-0.2, -0.15) is 0 Å². The van der Waals surface area contributed by atoms with Crippen LogP contribution in [-0.4, -0.2) is 14.9 Å². The van der Waals surface area contributed by atoms with E-state index in [1.807, 2.05) is 0 Å². The summed E-state index contributed by atoms with van der Waals surface area (Å²) in [5.74, 6) is 0.584. The molecule has 0 saturated carbocycles. The van der Waals surface area contributed by atoms with Crippen LogP contribution in [0.2, 0.25) is 0 Å². The van der Waals surface area contributed by atoms with Crippen molar-refractivity contribution in [2.45, 2.75) is 30.7 Å². The Kier molecular flexibility index (Phi) is 4.81. The Morgan fingerprint density at radius 1 is 1.20 bits per heavy atom. The summed E-state index contributed by atoms with van der Waals surface area (Å²) >= 11 is -1.11. The molecule has 10 heavy (non-hydrogen) atoms. The summed E-state index contributed by atoms with van der Waals surface area (Å²) in [6.07, 6.45) is 0. The van der Waals surface area contributed by atoms with Gasteiger partial charge in [-0.15, -0.1) is 0 Å². The Balaban J connectivity index is 3.81. The molecule has 4 N–H and O–H groups in total. The average Bonchev–Trinajstić information content (AvgIpc) is 1.84. The molecule has 0 saturated heterocycles. The van der Waals surface area contributed by atoms with E-state index in [1.54, 1.807) is 0 Å². The van der Waals surface area contributed by atoms with Crippen molar-refractivity contribution in [3.05, 3.63) is 0 Å². The van der Waals surface area contributed by atoms with Gasteiger partial charge in [0.25, 0.3) is 0 Å². The molecule has 3 atom stereocenters. The van der Waals surface area contributed by atoms with Gasteiger partial charge in [-0.1, -0.05) is 0 Å². The fourth-order valence-corrected chi connectivity index (χ4v) is 3.18. The number of rotatable bonds is 3. The Bertz CT molecular complexity index is 81.6. The second-order valence-corrected chi connectivity index (χ2v) is 8.13. The SMILES string of the molecule is CC(N)C(C)C(C)I(C)N. The molecule has 0 bridgehead atoms. The standard InChI is InChI=1S/C7H19IN2/c1-5(7(3)9)6(2)8(4)10/h5-7H,9-10H2,1-4H3. The van der Waals surface area contributed by atoms with Gasteiger partial charge in [0.1, 0.15) is 0 Å². The number of alkyl halides is 2. The summed E-state index contributed by atoms with van der Waals surface area (Å²) in [6.45, 7) is 6.47. The van der Waals surface area contributed by atoms with Gasteiger partial charge in [0.15, 0.2) is 0 Å². The maximum absolute atomic E-state index is 5.88. The molecule has 0 aromatic carbocycles. The number of halogens is 1. The molecule has 0 aliphatic carbocycles. The minimum absolute atomic E-state index is 0.290. The van der Waals surface area contributed by atoms with Gasteiger partial charge < -0.3 is 0 Å². The molecule has 64 valence electrons. The second kappa shape index (κ2) is 4.51. The topological polar surface area (TPSA) is 52.0 Å². The van der Waals surface area contributed by atoms with Gasteiger partial charge in [-0.05, 0) is 0 Å². The molecule has 0 heterocycles. The molecular formula is C7H19IN2. The van der Waals surface area contributed by atoms with E-state index in [1.165, 1.54) is 0 Å². The summed E-state index contributed by atoms with van der Waals surface area (Å²) in [7, 11) is 0. The molecule has 2 nitrogen and oxygen atoms in total. The Morgan fingerprint density at radius 2 is 1.60 bits per heavy atom. The molecule has 0 fully saturated rings. The summed E-state index contributed by atoms with van der Waals surface area (Å²) in [5, 5.41) is 0. The monoisotopic (exact) mass is 258 g/mol. The quantitative estimate of drug-likeness (QED) is 0.456. The van der Waals surface area contributed by atoms with Crippen molar-refractivity contribution in [2.75, 3.05) is 4.93 Å². The van der Waals surface area contributed by atoms with E-state index in [-0.39, 0.29) is 0 Å². The van der Waals surface area contributed by atoms with Crippen LogP contribution >= 0.6 is 20.1 Å². The molecule has 3 heteroatoms. The molecule has 0 radical (unpaired) electrons. The normalized spacial score (nSPS) is 21.6. The third-order valence-electron chi connectivity index (χ3n) is 2.10. The third kappa shape index (κ3) is 3.16. The minimum atomic E-state index is -1.11. The summed E-state index contributed by atoms with van der Waals surface area (Å²) in [5.41, 5.74) is 5.74. The van der Waals surface area contributed by atoms with Gasteiger partial charge in [0, 0.05) is 0 Å². The van der Waals surface area contributed by atoms with E-state index in [2.05, 4.69) is 25.7 Å². The molecule has 0 aliphatic rings. The molecule has 0 spiro atoms. The average molecular weight is 258 g/mol. The van der Waals surface area contributed by atoms with Crippen LogP contribution < -0.4 is 9.68 Å². The van der Waals surface area contributed by atoms with E-state index in [0.717, 1.165) is 0 Å². The van der Waals surface area contributed by atoms with Gasteiger partial charge >= 0.3 is 71.4 Å². The van der Waals surface area contributed by atoms with Crippen molar-refractivity contribution in [1.82, 2.24) is 0 Å². The van der Waals surface area contributed by atoms with Gasteiger partial charge in [-0.25, -0.2) is 0 Å². The van der Waals surface area contributed by atoms with E-state index < -0.39 is 20.1 Å². The van der Waals surface area contributed by atoms with Crippen LogP contribution in [0.15, 0.2) is 0 Å². The summed E-state index contributed by atoms with van der Waals surface area (Å²) in [4.78, 5) is 2.19. The zero-order valence-electron chi connectivity index (χ0n) is 7.26. The van der Waals surface area contributed by atoms with Crippen LogP contribution in [0.1, 0.15) is 20.8 Å². The molecule has 3 unspecified atom stereocenters. The van der Waals surface area contributed by atoms with Crippen molar-refractivity contribution >= 4 is 20.1 Å². The van der Waals surface area contributed by atoms with Crippen molar-refractivity contribution in [1.29, 1.82) is 0 Å². The second-order valence-electron chi connectivity index (χ2n) is 2.96. The zero-order valence-corrected chi connectivity index (χ0v) is 9.42. The van der Waals surface area contributed by atoms with Crippen LogP contribution in [-0.2, 0) is 0 Å². The molecule has 0 aliphatic heterocycles. The van der Waals surface area contributed by atoms with Crippen LogP contribution in [0, 0.1) is 5.92 Å². The molecule has 0 aromatic rings. The van der Waals surface area contributed by atoms with E-state index in [9.17, 15) is 0 Å². The van der Waals surface area contributed by atoms with E-state index in [0.29, 0.717) is 15.9 Å². The number of hydrogen-bond acceptors (Lipinski definition) is 2. The van der Waals surface area contributed by atoms with Crippen molar-refractivity contribution in [2.24, 2.45) is 15.6 Å². The first-order valence-corrected chi connectivity index (χ1v) is 8.20. The van der Waals surface area contributed by atoms with Gasteiger partial charge in [-0.3, -0.25) is 0 Å². The van der Waals surface area contributed by atoms with Crippen LogP contribution in [0.3, 0.4) is 0 Å². The van der Waals surface area contributed by atoms with Gasteiger partial charge in [0.2, 0.25) is 0 Å². The van der Waals surface area contributed by atoms with Gasteiger partial charge in [0.05, 0.1) is 0 Å². The molecule has 0 amide bonds. The first kappa shape index (κ1) is 10.7. The van der Waals surface area contributed by atoms with Crippen molar-refractivity contribution in [3.63, 3.8) is 0 Å². The summed E-state index contributed by atoms with van der Waals surface area (Å²) < 4.78 is 6.55. The molecule has 0 rings (SSSR count). The summed E-state index contributed by atoms with van der Waals surface area (Å²) in [6, 6.07) is 0.290. The maximum atomic E-state index is 5.88.